The Morgan fingerprint density at radius 2 is 1.78 bits per heavy atom. The van der Waals surface area contributed by atoms with Crippen LogP contribution in [0.25, 0.3) is 0 Å². The largest absolute Gasteiger partial charge is 0.307 e. The summed E-state index contributed by atoms with van der Waals surface area (Å²) in [5, 5.41) is 0. The average molecular weight is 123 g/mol. The molecule has 2 atom stereocenters. The lowest BCUT2D eigenvalue weighted by molar-refractivity contribution is 0.332. The summed E-state index contributed by atoms with van der Waals surface area (Å²) in [4.78, 5) is 2.49. The van der Waals surface area contributed by atoms with Crippen LogP contribution < -0.4 is 0 Å². The fourth-order valence-electron chi connectivity index (χ4n) is 2.47. The van der Waals surface area contributed by atoms with Crippen molar-refractivity contribution in [1.29, 1.82) is 0 Å². The second-order valence-electron chi connectivity index (χ2n) is 3.77. The molecule has 2 fully saturated rings. The van der Waals surface area contributed by atoms with Crippen LogP contribution in [0.2, 0.25) is 11.6 Å². The summed E-state index contributed by atoms with van der Waals surface area (Å²) in [6.07, 6.45) is 3.02. The summed E-state index contributed by atoms with van der Waals surface area (Å²) >= 11 is 0. The van der Waals surface area contributed by atoms with Gasteiger partial charge in [0.05, 0.1) is 0 Å². The minimum Gasteiger partial charge on any atom is -0.307 e. The highest BCUT2D eigenvalue weighted by Gasteiger charge is 2.32. The molecule has 0 radical (unpaired) electrons. The van der Waals surface area contributed by atoms with E-state index in [-0.39, 0.29) is 0 Å². The molecule has 2 rings (SSSR count). The van der Waals surface area contributed by atoms with Crippen molar-refractivity contribution in [2.24, 2.45) is 0 Å². The first-order chi connectivity index (χ1) is 4.34. The highest BCUT2D eigenvalue weighted by molar-refractivity contribution is 6.41. The molecule has 2 heteroatoms. The van der Waals surface area contributed by atoms with Crippen LogP contribution in [0.5, 0.6) is 0 Å². The molecule has 2 aliphatic heterocycles. The Kier molecular flexibility index (Phi) is 1.29. The quantitative estimate of drug-likeness (QED) is 0.429. The SMILES string of the molecule is CN1CC2BC(CC2)C1. The number of hydrogen-bond donors (Lipinski definition) is 0. The number of likely N-dealkylation sites (tertiary alicyclic amines) is 1. The lowest BCUT2D eigenvalue weighted by Gasteiger charge is -2.26. The van der Waals surface area contributed by atoms with Crippen molar-refractivity contribution in [1.82, 2.24) is 4.90 Å². The molecule has 50 valence electrons. The third-order valence-electron chi connectivity index (χ3n) is 2.79. The molecular formula is C7H14BN. The van der Waals surface area contributed by atoms with Gasteiger partial charge in [0.15, 0.2) is 0 Å². The molecule has 0 saturated carbocycles. The lowest BCUT2D eigenvalue weighted by Crippen LogP contribution is -2.32. The van der Waals surface area contributed by atoms with Crippen LogP contribution in [0.15, 0.2) is 0 Å². The van der Waals surface area contributed by atoms with E-state index in [1.165, 1.54) is 33.2 Å². The van der Waals surface area contributed by atoms with Gasteiger partial charge in [-0.3, -0.25) is 0 Å². The van der Waals surface area contributed by atoms with E-state index >= 15 is 0 Å². The smallest absolute Gasteiger partial charge is 0.130 e. The molecule has 2 saturated heterocycles. The van der Waals surface area contributed by atoms with E-state index in [1.807, 2.05) is 0 Å². The maximum absolute atomic E-state index is 2.49. The van der Waals surface area contributed by atoms with Crippen LogP contribution >= 0.6 is 0 Å². The third-order valence-corrected chi connectivity index (χ3v) is 2.79. The summed E-state index contributed by atoms with van der Waals surface area (Å²) < 4.78 is 0. The molecule has 0 aromatic carbocycles. The highest BCUT2D eigenvalue weighted by atomic mass is 15.1. The van der Waals surface area contributed by atoms with E-state index in [9.17, 15) is 0 Å². The van der Waals surface area contributed by atoms with Gasteiger partial charge in [0.25, 0.3) is 0 Å². The third kappa shape index (κ3) is 1.01. The molecule has 2 bridgehead atoms. The number of hydrogen-bond acceptors (Lipinski definition) is 1. The second-order valence-corrected chi connectivity index (χ2v) is 3.77. The minimum absolute atomic E-state index is 1.06. The van der Waals surface area contributed by atoms with E-state index in [4.69, 9.17) is 0 Å². The van der Waals surface area contributed by atoms with Crippen molar-refractivity contribution in [2.75, 3.05) is 20.1 Å². The second kappa shape index (κ2) is 2.01. The Labute approximate surface area is 57.7 Å². The van der Waals surface area contributed by atoms with Crippen molar-refractivity contribution >= 4 is 7.28 Å². The van der Waals surface area contributed by atoms with Crippen LogP contribution in [0, 0.1) is 0 Å². The first kappa shape index (κ1) is 5.78. The van der Waals surface area contributed by atoms with Crippen molar-refractivity contribution in [3.8, 4) is 0 Å². The Morgan fingerprint density at radius 1 is 1.22 bits per heavy atom. The molecule has 2 aliphatic rings. The predicted molar refractivity (Wildman–Crippen MR) is 41.4 cm³/mol. The molecule has 2 unspecified atom stereocenters. The van der Waals surface area contributed by atoms with Crippen molar-refractivity contribution < 1.29 is 0 Å². The van der Waals surface area contributed by atoms with Crippen LogP contribution in [-0.2, 0) is 0 Å². The normalized spacial score (nSPS) is 42.8. The van der Waals surface area contributed by atoms with E-state index in [0.29, 0.717) is 0 Å². The first-order valence-electron chi connectivity index (χ1n) is 4.03. The molecule has 0 aliphatic carbocycles. The van der Waals surface area contributed by atoms with Crippen LogP contribution in [-0.4, -0.2) is 32.3 Å². The lowest BCUT2D eigenvalue weighted by atomic mass is 9.58. The number of rotatable bonds is 0. The van der Waals surface area contributed by atoms with Gasteiger partial charge in [-0.1, -0.05) is 24.5 Å². The Balaban J connectivity index is 2.03. The predicted octanol–water partition coefficient (Wildman–Crippen LogP) is 0.739. The van der Waals surface area contributed by atoms with Gasteiger partial charge in [-0.15, -0.1) is 0 Å². The molecule has 1 nitrogen and oxygen atoms in total. The summed E-state index contributed by atoms with van der Waals surface area (Å²) in [5.41, 5.74) is 0. The van der Waals surface area contributed by atoms with Gasteiger partial charge >= 0.3 is 0 Å². The maximum Gasteiger partial charge on any atom is 0.130 e. The van der Waals surface area contributed by atoms with Gasteiger partial charge in [0, 0.05) is 0 Å². The van der Waals surface area contributed by atoms with E-state index < -0.39 is 0 Å². The zero-order chi connectivity index (χ0) is 6.27. The molecule has 2 heterocycles. The number of fused-ring (bicyclic) bond motifs is 2. The zero-order valence-electron chi connectivity index (χ0n) is 6.14. The van der Waals surface area contributed by atoms with Gasteiger partial charge in [-0.05, 0) is 20.1 Å². The highest BCUT2D eigenvalue weighted by Crippen LogP contribution is 2.36. The van der Waals surface area contributed by atoms with Crippen LogP contribution in [0.4, 0.5) is 0 Å². The number of nitrogens with zero attached hydrogens (tertiary/aromatic N) is 1. The van der Waals surface area contributed by atoms with Crippen LogP contribution in [0.1, 0.15) is 12.8 Å². The van der Waals surface area contributed by atoms with Gasteiger partial charge in [-0.2, -0.15) is 0 Å². The Hall–Kier alpha value is 0.0249. The molecular weight excluding hydrogens is 109 g/mol. The maximum atomic E-state index is 2.49. The summed E-state index contributed by atoms with van der Waals surface area (Å²) in [7, 11) is 3.79. The Morgan fingerprint density at radius 3 is 2.33 bits per heavy atom. The van der Waals surface area contributed by atoms with Gasteiger partial charge in [0.1, 0.15) is 7.28 Å². The fraction of sp³-hybridized carbons (Fsp3) is 1.00. The summed E-state index contributed by atoms with van der Waals surface area (Å²) in [5.74, 6) is 2.13. The van der Waals surface area contributed by atoms with Crippen molar-refractivity contribution in [3.05, 3.63) is 0 Å². The van der Waals surface area contributed by atoms with E-state index in [2.05, 4.69) is 11.9 Å². The monoisotopic (exact) mass is 123 g/mol. The topological polar surface area (TPSA) is 3.24 Å². The van der Waals surface area contributed by atoms with E-state index in [1.54, 1.807) is 0 Å². The summed E-state index contributed by atoms with van der Waals surface area (Å²) in [6, 6.07) is 0. The van der Waals surface area contributed by atoms with Crippen LogP contribution in [0.3, 0.4) is 0 Å². The molecule has 0 spiro atoms. The van der Waals surface area contributed by atoms with Crippen molar-refractivity contribution in [3.63, 3.8) is 0 Å². The summed E-state index contributed by atoms with van der Waals surface area (Å²) in [6.45, 7) is 2.74. The molecule has 0 amide bonds. The first-order valence-corrected chi connectivity index (χ1v) is 4.03. The van der Waals surface area contributed by atoms with Gasteiger partial charge in [-0.25, -0.2) is 0 Å². The molecule has 0 N–H and O–H groups in total. The molecule has 0 aromatic rings. The fourth-order valence-corrected chi connectivity index (χ4v) is 2.47. The van der Waals surface area contributed by atoms with Crippen molar-refractivity contribution in [2.45, 2.75) is 24.5 Å². The molecule has 0 aromatic heterocycles. The van der Waals surface area contributed by atoms with Gasteiger partial charge in [0.2, 0.25) is 0 Å². The van der Waals surface area contributed by atoms with Gasteiger partial charge < -0.3 is 4.90 Å². The average Bonchev–Trinajstić information content (AvgIpc) is 2.11. The zero-order valence-corrected chi connectivity index (χ0v) is 6.14. The molecule has 9 heavy (non-hydrogen) atoms. The Bertz CT molecular complexity index is 103. The minimum atomic E-state index is 1.06. The standard InChI is InChI=1S/C7H14BN/c1-9-4-6-2-3-7(5-9)8-6/h6-8H,2-5H2,1H3. The van der Waals surface area contributed by atoms with E-state index in [0.717, 1.165) is 11.6 Å².